The summed E-state index contributed by atoms with van der Waals surface area (Å²) in [5, 5.41) is 3.74. The van der Waals surface area contributed by atoms with Crippen molar-refractivity contribution in [2.75, 3.05) is 14.2 Å². The molecule has 1 aliphatic rings. The summed E-state index contributed by atoms with van der Waals surface area (Å²) in [5.74, 6) is 1.06. The summed E-state index contributed by atoms with van der Waals surface area (Å²) in [6, 6.07) is 12.7. The maximum absolute atomic E-state index is 13.4. The van der Waals surface area contributed by atoms with Crippen molar-refractivity contribution in [2.45, 2.75) is 70.5 Å². The monoisotopic (exact) mass is 486 g/mol. The SMILES string of the molecule is COc1ccc(CCC(=O)N(Cc2ccccc2Cl)C(C)C(=O)NC2CCCCC2)cc1OC. The molecule has 6 nitrogen and oxygen atoms in total. The third-order valence-corrected chi connectivity index (χ3v) is 6.86. The first-order valence-corrected chi connectivity index (χ1v) is 12.3. The van der Waals surface area contributed by atoms with Gasteiger partial charge >= 0.3 is 0 Å². The Morgan fingerprint density at radius 1 is 1.06 bits per heavy atom. The standard InChI is InChI=1S/C27H35ClN2O4/c1-19(27(32)29-22-10-5-4-6-11-22)30(18-21-9-7-8-12-23(21)28)26(31)16-14-20-13-15-24(33-2)25(17-20)34-3/h7-9,12-13,15,17,19,22H,4-6,10-11,14,16,18H2,1-3H3,(H,29,32). The quantitative estimate of drug-likeness (QED) is 0.504. The lowest BCUT2D eigenvalue weighted by molar-refractivity contribution is -0.141. The minimum Gasteiger partial charge on any atom is -0.493 e. The Morgan fingerprint density at radius 2 is 1.76 bits per heavy atom. The van der Waals surface area contributed by atoms with Crippen molar-refractivity contribution in [1.82, 2.24) is 10.2 Å². The van der Waals surface area contributed by atoms with Crippen LogP contribution in [0.15, 0.2) is 42.5 Å². The molecule has 3 rings (SSSR count). The van der Waals surface area contributed by atoms with Crippen LogP contribution in [0.4, 0.5) is 0 Å². The molecule has 1 fully saturated rings. The molecule has 1 aliphatic carbocycles. The summed E-state index contributed by atoms with van der Waals surface area (Å²) >= 11 is 6.38. The molecule has 0 bridgehead atoms. The summed E-state index contributed by atoms with van der Waals surface area (Å²) < 4.78 is 10.7. The number of methoxy groups -OCH3 is 2. The molecule has 34 heavy (non-hydrogen) atoms. The Bertz CT molecular complexity index is 975. The molecule has 7 heteroatoms. The number of rotatable bonds is 10. The van der Waals surface area contributed by atoms with Crippen molar-refractivity contribution >= 4 is 23.4 Å². The van der Waals surface area contributed by atoms with Crippen molar-refractivity contribution in [3.8, 4) is 11.5 Å². The van der Waals surface area contributed by atoms with Gasteiger partial charge in [0.25, 0.3) is 0 Å². The van der Waals surface area contributed by atoms with E-state index in [0.29, 0.717) is 22.9 Å². The molecule has 1 unspecified atom stereocenters. The number of ether oxygens (including phenoxy) is 2. The van der Waals surface area contributed by atoms with Crippen molar-refractivity contribution in [2.24, 2.45) is 0 Å². The van der Waals surface area contributed by atoms with E-state index in [0.717, 1.165) is 36.8 Å². The van der Waals surface area contributed by atoms with Crippen LogP contribution >= 0.6 is 11.6 Å². The highest BCUT2D eigenvalue weighted by Gasteiger charge is 2.28. The maximum Gasteiger partial charge on any atom is 0.242 e. The van der Waals surface area contributed by atoms with Crippen LogP contribution in [0.3, 0.4) is 0 Å². The van der Waals surface area contributed by atoms with Crippen molar-refractivity contribution < 1.29 is 19.1 Å². The predicted octanol–water partition coefficient (Wildman–Crippen LogP) is 5.16. The largest absolute Gasteiger partial charge is 0.493 e. The van der Waals surface area contributed by atoms with Gasteiger partial charge in [-0.2, -0.15) is 0 Å². The van der Waals surface area contributed by atoms with Gasteiger partial charge in [0, 0.05) is 24.0 Å². The van der Waals surface area contributed by atoms with Crippen LogP contribution < -0.4 is 14.8 Å². The number of halogens is 1. The van der Waals surface area contributed by atoms with Gasteiger partial charge in [-0.15, -0.1) is 0 Å². The van der Waals surface area contributed by atoms with Gasteiger partial charge in [-0.05, 0) is 55.5 Å². The molecule has 0 heterocycles. The van der Waals surface area contributed by atoms with Gasteiger partial charge in [0.05, 0.1) is 14.2 Å². The van der Waals surface area contributed by atoms with E-state index in [-0.39, 0.29) is 30.8 Å². The molecular formula is C27H35ClN2O4. The molecule has 0 aliphatic heterocycles. The second-order valence-corrected chi connectivity index (χ2v) is 9.23. The summed E-state index contributed by atoms with van der Waals surface area (Å²) in [4.78, 5) is 28.1. The van der Waals surface area contributed by atoms with E-state index in [1.165, 1.54) is 6.42 Å². The lowest BCUT2D eigenvalue weighted by Gasteiger charge is -2.31. The number of benzene rings is 2. The number of hydrogen-bond acceptors (Lipinski definition) is 4. The average Bonchev–Trinajstić information content (AvgIpc) is 2.86. The van der Waals surface area contributed by atoms with Crippen LogP contribution in [0.25, 0.3) is 0 Å². The van der Waals surface area contributed by atoms with E-state index in [1.807, 2.05) is 36.4 Å². The second kappa shape index (κ2) is 12.7. The molecule has 0 spiro atoms. The van der Waals surface area contributed by atoms with E-state index in [2.05, 4.69) is 5.32 Å². The first-order valence-electron chi connectivity index (χ1n) is 12.0. The molecule has 0 saturated heterocycles. The molecule has 1 saturated carbocycles. The molecule has 2 amide bonds. The second-order valence-electron chi connectivity index (χ2n) is 8.82. The minimum absolute atomic E-state index is 0.0963. The molecule has 2 aromatic carbocycles. The van der Waals surface area contributed by atoms with Gasteiger partial charge in [0.2, 0.25) is 11.8 Å². The number of hydrogen-bond donors (Lipinski definition) is 1. The van der Waals surface area contributed by atoms with E-state index < -0.39 is 6.04 Å². The fourth-order valence-electron chi connectivity index (χ4n) is 4.39. The molecular weight excluding hydrogens is 452 g/mol. The van der Waals surface area contributed by atoms with Crippen LogP contribution in [-0.4, -0.2) is 43.0 Å². The Labute approximate surface area is 207 Å². The van der Waals surface area contributed by atoms with Crippen LogP contribution in [0.1, 0.15) is 56.6 Å². The van der Waals surface area contributed by atoms with Gasteiger partial charge < -0.3 is 19.7 Å². The Kier molecular flexibility index (Phi) is 9.63. The van der Waals surface area contributed by atoms with E-state index in [1.54, 1.807) is 32.1 Å². The fraction of sp³-hybridized carbons (Fsp3) is 0.481. The number of carbonyl (C=O) groups excluding carboxylic acids is 2. The van der Waals surface area contributed by atoms with Gasteiger partial charge in [-0.3, -0.25) is 9.59 Å². The zero-order valence-corrected chi connectivity index (χ0v) is 21.1. The van der Waals surface area contributed by atoms with Crippen LogP contribution in [0.2, 0.25) is 5.02 Å². The number of carbonyl (C=O) groups is 2. The van der Waals surface area contributed by atoms with Gasteiger partial charge in [-0.25, -0.2) is 0 Å². The van der Waals surface area contributed by atoms with Crippen LogP contribution in [-0.2, 0) is 22.6 Å². The Hall–Kier alpha value is -2.73. The zero-order chi connectivity index (χ0) is 24.5. The molecule has 1 atom stereocenters. The Balaban J connectivity index is 1.73. The summed E-state index contributed by atoms with van der Waals surface area (Å²) in [7, 11) is 3.18. The Morgan fingerprint density at radius 3 is 2.44 bits per heavy atom. The topological polar surface area (TPSA) is 67.9 Å². The first-order chi connectivity index (χ1) is 16.4. The molecule has 0 aromatic heterocycles. The fourth-order valence-corrected chi connectivity index (χ4v) is 4.59. The van der Waals surface area contributed by atoms with E-state index in [9.17, 15) is 9.59 Å². The zero-order valence-electron chi connectivity index (χ0n) is 20.3. The number of aryl methyl sites for hydroxylation is 1. The normalized spacial score (nSPS) is 14.8. The van der Waals surface area contributed by atoms with Crippen LogP contribution in [0.5, 0.6) is 11.5 Å². The highest BCUT2D eigenvalue weighted by molar-refractivity contribution is 6.31. The maximum atomic E-state index is 13.4. The third-order valence-electron chi connectivity index (χ3n) is 6.49. The predicted molar refractivity (Wildman–Crippen MR) is 134 cm³/mol. The highest BCUT2D eigenvalue weighted by Crippen LogP contribution is 2.28. The summed E-state index contributed by atoms with van der Waals surface area (Å²) in [6.07, 6.45) is 6.26. The third kappa shape index (κ3) is 6.89. The summed E-state index contributed by atoms with van der Waals surface area (Å²) in [5.41, 5.74) is 1.78. The lowest BCUT2D eigenvalue weighted by atomic mass is 9.95. The van der Waals surface area contributed by atoms with E-state index in [4.69, 9.17) is 21.1 Å². The van der Waals surface area contributed by atoms with Crippen molar-refractivity contribution in [1.29, 1.82) is 0 Å². The minimum atomic E-state index is -0.601. The van der Waals surface area contributed by atoms with Gasteiger partial charge in [0.15, 0.2) is 11.5 Å². The molecule has 2 aromatic rings. The average molecular weight is 487 g/mol. The van der Waals surface area contributed by atoms with Gasteiger partial charge in [0.1, 0.15) is 6.04 Å². The lowest BCUT2D eigenvalue weighted by Crippen LogP contribution is -2.50. The van der Waals surface area contributed by atoms with Crippen molar-refractivity contribution in [3.05, 3.63) is 58.6 Å². The highest BCUT2D eigenvalue weighted by atomic mass is 35.5. The number of nitrogens with one attached hydrogen (secondary N) is 1. The van der Waals surface area contributed by atoms with Gasteiger partial charge in [-0.1, -0.05) is 55.1 Å². The first kappa shape index (κ1) is 25.9. The molecule has 184 valence electrons. The molecule has 1 N–H and O–H groups in total. The number of amides is 2. The van der Waals surface area contributed by atoms with Crippen LogP contribution in [0, 0.1) is 0 Å². The van der Waals surface area contributed by atoms with E-state index >= 15 is 0 Å². The molecule has 0 radical (unpaired) electrons. The number of nitrogens with zero attached hydrogens (tertiary/aromatic N) is 1. The summed E-state index contributed by atoms with van der Waals surface area (Å²) in [6.45, 7) is 2.08. The van der Waals surface area contributed by atoms with Crippen molar-refractivity contribution in [3.63, 3.8) is 0 Å². The smallest absolute Gasteiger partial charge is 0.242 e.